The van der Waals surface area contributed by atoms with Crippen LogP contribution in [-0.4, -0.2) is 42.0 Å². The second kappa shape index (κ2) is 12.6. The van der Waals surface area contributed by atoms with E-state index in [1.807, 2.05) is 75.4 Å². The Balaban J connectivity index is 1.91. The molecule has 0 bridgehead atoms. The number of amides is 2. The predicted molar refractivity (Wildman–Crippen MR) is 145 cm³/mol. The summed E-state index contributed by atoms with van der Waals surface area (Å²) < 4.78 is 11.9. The molecule has 190 valence electrons. The zero-order valence-corrected chi connectivity index (χ0v) is 22.7. The standard InChI is InChI=1S/C29H33BrN2O4/c1-29(2,3)31-28(34)26(18-21-9-6-5-7-10-21)32(19-22-11-8-12-23(30)17-22)27(33)20-36-25-15-13-24(35-4)14-16-25/h5-17,26H,18-20H2,1-4H3,(H,31,34). The molecule has 0 spiro atoms. The molecule has 0 fully saturated rings. The van der Waals surface area contributed by atoms with Crippen LogP contribution in [0.3, 0.4) is 0 Å². The molecule has 1 atom stereocenters. The number of rotatable bonds is 10. The van der Waals surface area contributed by atoms with Gasteiger partial charge >= 0.3 is 0 Å². The lowest BCUT2D eigenvalue weighted by Crippen LogP contribution is -2.55. The lowest BCUT2D eigenvalue weighted by Gasteiger charge is -2.33. The Morgan fingerprint density at radius 1 is 0.917 bits per heavy atom. The summed E-state index contributed by atoms with van der Waals surface area (Å²) >= 11 is 3.50. The molecule has 3 aromatic carbocycles. The SMILES string of the molecule is COc1ccc(OCC(=O)N(Cc2cccc(Br)c2)C(Cc2ccccc2)C(=O)NC(C)(C)C)cc1. The number of methoxy groups -OCH3 is 1. The molecule has 1 N–H and O–H groups in total. The van der Waals surface area contributed by atoms with Gasteiger partial charge in [-0.05, 0) is 68.3 Å². The number of carbonyl (C=O) groups is 2. The first-order valence-corrected chi connectivity index (χ1v) is 12.6. The molecule has 7 heteroatoms. The Morgan fingerprint density at radius 3 is 2.17 bits per heavy atom. The van der Waals surface area contributed by atoms with E-state index in [1.54, 1.807) is 36.3 Å². The molecular formula is C29H33BrN2O4. The van der Waals surface area contributed by atoms with E-state index in [1.165, 1.54) is 0 Å². The van der Waals surface area contributed by atoms with Crippen molar-refractivity contribution in [2.45, 2.75) is 45.3 Å². The monoisotopic (exact) mass is 552 g/mol. The fraction of sp³-hybridized carbons (Fsp3) is 0.310. The maximum absolute atomic E-state index is 13.6. The summed E-state index contributed by atoms with van der Waals surface area (Å²) in [6.07, 6.45) is 0.380. The van der Waals surface area contributed by atoms with Gasteiger partial charge < -0.3 is 19.7 Å². The van der Waals surface area contributed by atoms with Crippen LogP contribution >= 0.6 is 15.9 Å². The van der Waals surface area contributed by atoms with E-state index in [9.17, 15) is 9.59 Å². The van der Waals surface area contributed by atoms with Crippen LogP contribution in [0, 0.1) is 0 Å². The minimum absolute atomic E-state index is 0.200. The number of hydrogen-bond acceptors (Lipinski definition) is 4. The summed E-state index contributed by atoms with van der Waals surface area (Å²) in [5.41, 5.74) is 1.43. The van der Waals surface area contributed by atoms with E-state index in [0.717, 1.165) is 15.6 Å². The second-order valence-corrected chi connectivity index (χ2v) is 10.5. The molecule has 0 heterocycles. The van der Waals surface area contributed by atoms with Gasteiger partial charge in [0.1, 0.15) is 17.5 Å². The first-order chi connectivity index (χ1) is 17.1. The topological polar surface area (TPSA) is 67.9 Å². The van der Waals surface area contributed by atoms with Crippen molar-refractivity contribution in [3.05, 3.63) is 94.5 Å². The first kappa shape index (κ1) is 27.3. The number of ether oxygens (including phenoxy) is 2. The highest BCUT2D eigenvalue weighted by Crippen LogP contribution is 2.20. The number of hydrogen-bond donors (Lipinski definition) is 1. The molecule has 1 unspecified atom stereocenters. The van der Waals surface area contributed by atoms with Crippen LogP contribution in [0.4, 0.5) is 0 Å². The van der Waals surface area contributed by atoms with E-state index in [2.05, 4.69) is 21.2 Å². The van der Waals surface area contributed by atoms with E-state index in [0.29, 0.717) is 17.9 Å². The van der Waals surface area contributed by atoms with Crippen LogP contribution in [0.1, 0.15) is 31.9 Å². The Kier molecular flexibility index (Phi) is 9.53. The van der Waals surface area contributed by atoms with Crippen molar-refractivity contribution in [1.29, 1.82) is 0 Å². The number of halogens is 1. The maximum atomic E-state index is 13.6. The third-order valence-corrected chi connectivity index (χ3v) is 5.93. The smallest absolute Gasteiger partial charge is 0.261 e. The summed E-state index contributed by atoms with van der Waals surface area (Å²) in [4.78, 5) is 28.8. The van der Waals surface area contributed by atoms with Crippen LogP contribution < -0.4 is 14.8 Å². The highest BCUT2D eigenvalue weighted by molar-refractivity contribution is 9.10. The van der Waals surface area contributed by atoms with Crippen LogP contribution in [0.2, 0.25) is 0 Å². The molecule has 3 aromatic rings. The summed E-state index contributed by atoms with van der Waals surface area (Å²) in [5.74, 6) is 0.756. The molecule has 0 aromatic heterocycles. The van der Waals surface area contributed by atoms with Crippen LogP contribution in [0.25, 0.3) is 0 Å². The van der Waals surface area contributed by atoms with Crippen LogP contribution in [0.5, 0.6) is 11.5 Å². The predicted octanol–water partition coefficient (Wildman–Crippen LogP) is 5.39. The molecule has 3 rings (SSSR count). The lowest BCUT2D eigenvalue weighted by atomic mass is 10.0. The molecule has 0 radical (unpaired) electrons. The average molecular weight is 553 g/mol. The quantitative estimate of drug-likeness (QED) is 0.366. The molecule has 2 amide bonds. The van der Waals surface area contributed by atoms with Crippen molar-refractivity contribution in [2.24, 2.45) is 0 Å². The third-order valence-electron chi connectivity index (χ3n) is 5.43. The molecule has 0 aliphatic carbocycles. The molecule has 0 saturated carbocycles. The van der Waals surface area contributed by atoms with Crippen molar-refractivity contribution in [3.63, 3.8) is 0 Å². The highest BCUT2D eigenvalue weighted by atomic mass is 79.9. The summed E-state index contributed by atoms with van der Waals surface area (Å²) in [7, 11) is 1.59. The maximum Gasteiger partial charge on any atom is 0.261 e. The van der Waals surface area contributed by atoms with Gasteiger partial charge in [-0.2, -0.15) is 0 Å². The Bertz CT molecular complexity index is 1140. The molecule has 0 aliphatic rings. The first-order valence-electron chi connectivity index (χ1n) is 11.8. The molecule has 36 heavy (non-hydrogen) atoms. The summed E-state index contributed by atoms with van der Waals surface area (Å²) in [6, 6.07) is 23.8. The van der Waals surface area contributed by atoms with Gasteiger partial charge in [0.15, 0.2) is 6.61 Å². The number of carbonyl (C=O) groups excluding carboxylic acids is 2. The van der Waals surface area contributed by atoms with Crippen molar-refractivity contribution in [2.75, 3.05) is 13.7 Å². The van der Waals surface area contributed by atoms with Crippen molar-refractivity contribution < 1.29 is 19.1 Å². The van der Waals surface area contributed by atoms with Crippen LogP contribution in [0.15, 0.2) is 83.3 Å². The van der Waals surface area contributed by atoms with Gasteiger partial charge in [0, 0.05) is 23.0 Å². The molecule has 0 saturated heterocycles. The zero-order chi connectivity index (χ0) is 26.1. The van der Waals surface area contributed by atoms with Gasteiger partial charge in [-0.25, -0.2) is 0 Å². The molecule has 6 nitrogen and oxygen atoms in total. The molecular weight excluding hydrogens is 520 g/mol. The fourth-order valence-corrected chi connectivity index (χ4v) is 4.19. The number of nitrogens with zero attached hydrogens (tertiary/aromatic N) is 1. The van der Waals surface area contributed by atoms with Crippen molar-refractivity contribution >= 4 is 27.7 Å². The fourth-order valence-electron chi connectivity index (χ4n) is 3.74. The van der Waals surface area contributed by atoms with Crippen LogP contribution in [-0.2, 0) is 22.6 Å². The summed E-state index contributed by atoms with van der Waals surface area (Å²) in [6.45, 7) is 5.85. The Morgan fingerprint density at radius 2 is 1.56 bits per heavy atom. The average Bonchev–Trinajstić information content (AvgIpc) is 2.84. The van der Waals surface area contributed by atoms with E-state index >= 15 is 0 Å². The Hall–Kier alpha value is -3.32. The zero-order valence-electron chi connectivity index (χ0n) is 21.2. The van der Waals surface area contributed by atoms with Gasteiger partial charge in [-0.15, -0.1) is 0 Å². The van der Waals surface area contributed by atoms with Gasteiger partial charge in [-0.1, -0.05) is 58.4 Å². The second-order valence-electron chi connectivity index (χ2n) is 9.56. The number of benzene rings is 3. The minimum atomic E-state index is -0.724. The largest absolute Gasteiger partial charge is 0.497 e. The van der Waals surface area contributed by atoms with Gasteiger partial charge in [-0.3, -0.25) is 9.59 Å². The van der Waals surface area contributed by atoms with E-state index < -0.39 is 11.6 Å². The third kappa shape index (κ3) is 8.41. The van der Waals surface area contributed by atoms with Gasteiger partial charge in [0.05, 0.1) is 7.11 Å². The van der Waals surface area contributed by atoms with E-state index in [4.69, 9.17) is 9.47 Å². The van der Waals surface area contributed by atoms with E-state index in [-0.39, 0.29) is 25.0 Å². The van der Waals surface area contributed by atoms with Crippen molar-refractivity contribution in [1.82, 2.24) is 10.2 Å². The Labute approximate surface area is 221 Å². The highest BCUT2D eigenvalue weighted by Gasteiger charge is 2.32. The van der Waals surface area contributed by atoms with Crippen molar-refractivity contribution in [3.8, 4) is 11.5 Å². The lowest BCUT2D eigenvalue weighted by molar-refractivity contribution is -0.143. The molecule has 0 aliphatic heterocycles. The minimum Gasteiger partial charge on any atom is -0.497 e. The van der Waals surface area contributed by atoms with Gasteiger partial charge in [0.2, 0.25) is 5.91 Å². The van der Waals surface area contributed by atoms with Gasteiger partial charge in [0.25, 0.3) is 5.91 Å². The summed E-state index contributed by atoms with van der Waals surface area (Å²) in [5, 5.41) is 3.06. The number of nitrogens with one attached hydrogen (secondary N) is 1. The normalized spacial score (nSPS) is 11.9.